The molecule has 0 aliphatic carbocycles. The molecule has 130 valence electrons. The Kier molecular flexibility index (Phi) is 5.73. The lowest BCUT2D eigenvalue weighted by Gasteiger charge is -2.11. The van der Waals surface area contributed by atoms with Crippen molar-refractivity contribution < 1.29 is 19.1 Å². The highest BCUT2D eigenvalue weighted by Gasteiger charge is 2.23. The maximum Gasteiger partial charge on any atom is 0.343 e. The second kappa shape index (κ2) is 8.18. The van der Waals surface area contributed by atoms with Crippen molar-refractivity contribution in [1.29, 1.82) is 0 Å². The fraction of sp³-hybridized carbons (Fsp3) is 0.263. The van der Waals surface area contributed by atoms with Gasteiger partial charge < -0.3 is 14.8 Å². The molecule has 1 atom stereocenters. The smallest absolute Gasteiger partial charge is 0.343 e. The molecule has 6 heteroatoms. The molecule has 1 fully saturated rings. The van der Waals surface area contributed by atoms with Crippen LogP contribution in [0.25, 0.3) is 0 Å². The fourth-order valence-electron chi connectivity index (χ4n) is 2.54. The van der Waals surface area contributed by atoms with Gasteiger partial charge in [-0.25, -0.2) is 4.79 Å². The van der Waals surface area contributed by atoms with Gasteiger partial charge in [0.2, 0.25) is 0 Å². The van der Waals surface area contributed by atoms with E-state index in [1.807, 2.05) is 18.4 Å². The maximum atomic E-state index is 12.3. The van der Waals surface area contributed by atoms with E-state index >= 15 is 0 Å². The van der Waals surface area contributed by atoms with E-state index in [-0.39, 0.29) is 5.91 Å². The normalized spacial score (nSPS) is 16.4. The summed E-state index contributed by atoms with van der Waals surface area (Å²) in [6, 6.07) is 14.0. The predicted octanol–water partition coefficient (Wildman–Crippen LogP) is 3.75. The van der Waals surface area contributed by atoms with E-state index in [0.717, 1.165) is 17.7 Å². The van der Waals surface area contributed by atoms with Gasteiger partial charge in [0.25, 0.3) is 5.91 Å². The number of benzene rings is 2. The highest BCUT2D eigenvalue weighted by Crippen LogP contribution is 2.21. The number of amides is 1. The van der Waals surface area contributed by atoms with Crippen LogP contribution >= 0.6 is 11.8 Å². The van der Waals surface area contributed by atoms with Crippen LogP contribution < -0.4 is 10.1 Å². The van der Waals surface area contributed by atoms with Gasteiger partial charge in [-0.05, 0) is 61.6 Å². The molecule has 1 unspecified atom stereocenters. The molecule has 1 amide bonds. The van der Waals surface area contributed by atoms with E-state index < -0.39 is 12.1 Å². The lowest BCUT2D eigenvalue weighted by Crippen LogP contribution is -2.26. The molecule has 0 bridgehead atoms. The minimum absolute atomic E-state index is 0.185. The zero-order valence-electron chi connectivity index (χ0n) is 13.9. The van der Waals surface area contributed by atoms with Crippen LogP contribution in [0.4, 0.5) is 5.69 Å². The van der Waals surface area contributed by atoms with E-state index in [2.05, 4.69) is 5.32 Å². The molecule has 0 aromatic heterocycles. The van der Waals surface area contributed by atoms with Gasteiger partial charge in [-0.3, -0.25) is 4.79 Å². The Morgan fingerprint density at radius 2 is 2.00 bits per heavy atom. The van der Waals surface area contributed by atoms with E-state index in [4.69, 9.17) is 9.47 Å². The molecule has 1 heterocycles. The van der Waals surface area contributed by atoms with Crippen molar-refractivity contribution in [2.45, 2.75) is 23.8 Å². The van der Waals surface area contributed by atoms with Crippen molar-refractivity contribution in [3.63, 3.8) is 0 Å². The third-order valence-corrected chi connectivity index (χ3v) is 4.60. The SMILES string of the molecule is CSc1ccc(OC(=O)c2cccc(NC(=O)C3CCCO3)c2)cc1. The van der Waals surface area contributed by atoms with Gasteiger partial charge in [0.05, 0.1) is 5.56 Å². The Morgan fingerprint density at radius 3 is 2.68 bits per heavy atom. The highest BCUT2D eigenvalue weighted by atomic mass is 32.2. The minimum Gasteiger partial charge on any atom is -0.423 e. The molecule has 1 aliphatic heterocycles. The van der Waals surface area contributed by atoms with Crippen molar-refractivity contribution >= 4 is 29.3 Å². The number of carbonyl (C=O) groups excluding carboxylic acids is 2. The summed E-state index contributed by atoms with van der Waals surface area (Å²) in [5, 5.41) is 2.78. The summed E-state index contributed by atoms with van der Waals surface area (Å²) in [6.45, 7) is 0.611. The summed E-state index contributed by atoms with van der Waals surface area (Å²) >= 11 is 1.62. The van der Waals surface area contributed by atoms with Crippen LogP contribution in [0.2, 0.25) is 0 Å². The molecule has 1 aliphatic rings. The second-order valence-electron chi connectivity index (χ2n) is 5.64. The molecular formula is C19H19NO4S. The Bertz CT molecular complexity index is 754. The van der Waals surface area contributed by atoms with Gasteiger partial charge in [-0.2, -0.15) is 0 Å². The van der Waals surface area contributed by atoms with Gasteiger partial charge in [0, 0.05) is 17.2 Å². The molecule has 5 nitrogen and oxygen atoms in total. The fourth-order valence-corrected chi connectivity index (χ4v) is 2.95. The minimum atomic E-state index is -0.467. The summed E-state index contributed by atoms with van der Waals surface area (Å²) in [4.78, 5) is 25.5. The number of hydrogen-bond acceptors (Lipinski definition) is 5. The summed E-state index contributed by atoms with van der Waals surface area (Å²) in [5.74, 6) is -0.169. The summed E-state index contributed by atoms with van der Waals surface area (Å²) in [5.41, 5.74) is 0.923. The van der Waals surface area contributed by atoms with Crippen molar-refractivity contribution in [3.05, 3.63) is 54.1 Å². The molecule has 3 rings (SSSR count). The average molecular weight is 357 g/mol. The maximum absolute atomic E-state index is 12.3. The zero-order valence-corrected chi connectivity index (χ0v) is 14.7. The first kappa shape index (κ1) is 17.5. The molecule has 1 N–H and O–H groups in total. The number of thioether (sulfide) groups is 1. The number of ether oxygens (including phenoxy) is 2. The number of carbonyl (C=O) groups is 2. The van der Waals surface area contributed by atoms with E-state index in [1.54, 1.807) is 48.2 Å². The van der Waals surface area contributed by atoms with Crippen LogP contribution in [0.3, 0.4) is 0 Å². The van der Waals surface area contributed by atoms with Crippen LogP contribution in [-0.2, 0) is 9.53 Å². The monoisotopic (exact) mass is 357 g/mol. The predicted molar refractivity (Wildman–Crippen MR) is 97.2 cm³/mol. The number of hydrogen-bond donors (Lipinski definition) is 1. The molecule has 0 spiro atoms. The molecule has 0 saturated carbocycles. The standard InChI is InChI=1S/C19H19NO4S/c1-25-16-9-7-15(8-10-16)24-19(22)13-4-2-5-14(12-13)20-18(21)17-6-3-11-23-17/h2,4-5,7-10,12,17H,3,6,11H2,1H3,(H,20,21). The topological polar surface area (TPSA) is 64.6 Å². The second-order valence-corrected chi connectivity index (χ2v) is 6.52. The largest absolute Gasteiger partial charge is 0.423 e. The number of nitrogens with one attached hydrogen (secondary N) is 1. The molecule has 1 saturated heterocycles. The van der Waals surface area contributed by atoms with Gasteiger partial charge in [0.15, 0.2) is 0 Å². The Morgan fingerprint density at radius 1 is 1.20 bits per heavy atom. The molecule has 2 aromatic rings. The zero-order chi connectivity index (χ0) is 17.6. The first-order valence-electron chi connectivity index (χ1n) is 8.04. The average Bonchev–Trinajstić information content (AvgIpc) is 3.17. The number of rotatable bonds is 5. The first-order valence-corrected chi connectivity index (χ1v) is 9.27. The lowest BCUT2D eigenvalue weighted by molar-refractivity contribution is -0.124. The quantitative estimate of drug-likeness (QED) is 0.502. The highest BCUT2D eigenvalue weighted by molar-refractivity contribution is 7.98. The van der Waals surface area contributed by atoms with Gasteiger partial charge >= 0.3 is 5.97 Å². The van der Waals surface area contributed by atoms with Crippen LogP contribution in [0.15, 0.2) is 53.4 Å². The third kappa shape index (κ3) is 4.61. The first-order chi connectivity index (χ1) is 12.2. The summed E-state index contributed by atoms with van der Waals surface area (Å²) in [6.07, 6.45) is 3.18. The van der Waals surface area contributed by atoms with Crippen LogP contribution in [0.1, 0.15) is 23.2 Å². The third-order valence-electron chi connectivity index (χ3n) is 3.86. The van der Waals surface area contributed by atoms with Gasteiger partial charge in [-0.15, -0.1) is 11.8 Å². The summed E-state index contributed by atoms with van der Waals surface area (Å²) < 4.78 is 10.7. The lowest BCUT2D eigenvalue weighted by atomic mass is 10.2. The Hall–Kier alpha value is -2.31. The molecule has 25 heavy (non-hydrogen) atoms. The van der Waals surface area contributed by atoms with Crippen LogP contribution in [-0.4, -0.2) is 30.8 Å². The van der Waals surface area contributed by atoms with Crippen LogP contribution in [0.5, 0.6) is 5.75 Å². The van der Waals surface area contributed by atoms with Crippen molar-refractivity contribution in [2.75, 3.05) is 18.2 Å². The van der Waals surface area contributed by atoms with E-state index in [0.29, 0.717) is 23.6 Å². The molecule has 2 aromatic carbocycles. The number of anilines is 1. The summed E-state index contributed by atoms with van der Waals surface area (Å²) in [7, 11) is 0. The van der Waals surface area contributed by atoms with Crippen molar-refractivity contribution in [3.8, 4) is 5.75 Å². The molecular weight excluding hydrogens is 338 g/mol. The van der Waals surface area contributed by atoms with Gasteiger partial charge in [-0.1, -0.05) is 6.07 Å². The van der Waals surface area contributed by atoms with Crippen molar-refractivity contribution in [1.82, 2.24) is 0 Å². The van der Waals surface area contributed by atoms with Crippen LogP contribution in [0, 0.1) is 0 Å². The number of esters is 1. The van der Waals surface area contributed by atoms with Gasteiger partial charge in [0.1, 0.15) is 11.9 Å². The molecule has 0 radical (unpaired) electrons. The Balaban J connectivity index is 1.65. The Labute approximate surface area is 150 Å². The van der Waals surface area contributed by atoms with Crippen molar-refractivity contribution in [2.24, 2.45) is 0 Å². The van der Waals surface area contributed by atoms with E-state index in [1.165, 1.54) is 0 Å². The van der Waals surface area contributed by atoms with E-state index in [9.17, 15) is 9.59 Å².